The normalized spacial score (nSPS) is 11.8. The maximum absolute atomic E-state index is 13.2. The fourth-order valence-electron chi connectivity index (χ4n) is 3.42. The summed E-state index contributed by atoms with van der Waals surface area (Å²) in [6.07, 6.45) is 2.62. The molecule has 0 fully saturated rings. The molecule has 0 unspecified atom stereocenters. The second-order valence-corrected chi connectivity index (χ2v) is 9.09. The van der Waals surface area contributed by atoms with Gasteiger partial charge in [-0.3, -0.25) is 14.6 Å². The summed E-state index contributed by atoms with van der Waals surface area (Å²) in [6, 6.07) is 12.0. The lowest BCUT2D eigenvalue weighted by Crippen LogP contribution is -2.30. The van der Waals surface area contributed by atoms with Crippen molar-refractivity contribution >= 4 is 26.5 Å². The summed E-state index contributed by atoms with van der Waals surface area (Å²) >= 11 is 0. The highest BCUT2D eigenvalue weighted by Gasteiger charge is 2.19. The fraction of sp³-hybridized carbons (Fsp3) is 0.190. The lowest BCUT2D eigenvalue weighted by atomic mass is 10.2. The van der Waals surface area contributed by atoms with E-state index >= 15 is 0 Å². The van der Waals surface area contributed by atoms with E-state index in [0.29, 0.717) is 11.4 Å². The van der Waals surface area contributed by atoms with Gasteiger partial charge < -0.3 is 9.30 Å². The molecule has 0 radical (unpaired) electrons. The quantitative estimate of drug-likeness (QED) is 0.504. The number of aromatic nitrogens is 3. The van der Waals surface area contributed by atoms with Gasteiger partial charge in [0.25, 0.3) is 5.56 Å². The minimum atomic E-state index is -3.73. The molecular formula is C21H20N4O4S. The Bertz CT molecular complexity index is 1520. The molecule has 1 aromatic carbocycles. The number of methoxy groups -OCH3 is 1. The summed E-state index contributed by atoms with van der Waals surface area (Å²) in [5, 5.41) is 8.70. The highest BCUT2D eigenvalue weighted by atomic mass is 32.2. The van der Waals surface area contributed by atoms with Crippen molar-refractivity contribution in [3.63, 3.8) is 0 Å². The van der Waals surface area contributed by atoms with Gasteiger partial charge in [-0.15, -0.1) is 0 Å². The molecule has 4 aromatic rings. The lowest BCUT2D eigenvalue weighted by molar-refractivity contribution is 0.414. The van der Waals surface area contributed by atoms with Crippen LogP contribution in [0.2, 0.25) is 0 Å². The van der Waals surface area contributed by atoms with Crippen LogP contribution in [0.5, 0.6) is 5.75 Å². The van der Waals surface area contributed by atoms with Crippen LogP contribution >= 0.6 is 0 Å². The predicted molar refractivity (Wildman–Crippen MR) is 113 cm³/mol. The van der Waals surface area contributed by atoms with Crippen LogP contribution in [0.3, 0.4) is 0 Å². The number of aryl methyl sites for hydroxylation is 1. The summed E-state index contributed by atoms with van der Waals surface area (Å²) in [4.78, 5) is 17.6. The molecule has 0 bridgehead atoms. The van der Waals surface area contributed by atoms with Crippen molar-refractivity contribution in [2.75, 3.05) is 13.4 Å². The largest absolute Gasteiger partial charge is 0.497 e. The molecule has 3 aromatic heterocycles. The second kappa shape index (κ2) is 7.10. The lowest BCUT2D eigenvalue weighted by Gasteiger charge is -2.15. The Kier molecular flexibility index (Phi) is 4.70. The van der Waals surface area contributed by atoms with Crippen molar-refractivity contribution < 1.29 is 13.2 Å². The number of nitrogens with one attached hydrogen (secondary N) is 1. The predicted octanol–water partition coefficient (Wildman–Crippen LogP) is 1.90. The van der Waals surface area contributed by atoms with Crippen molar-refractivity contribution in [1.82, 2.24) is 14.0 Å². The molecule has 0 saturated heterocycles. The van der Waals surface area contributed by atoms with E-state index in [9.17, 15) is 13.2 Å². The number of hydrogen-bond acceptors (Lipinski definition) is 6. The topological polar surface area (TPSA) is 107 Å². The van der Waals surface area contributed by atoms with Crippen LogP contribution in [0.4, 0.5) is 0 Å². The number of ether oxygens (including phenoxy) is 1. The monoisotopic (exact) mass is 424 g/mol. The standard InChI is InChI=1S/C21H20N4O4S/c1-13-5-4-10-24-19(13)23-20-16(21(24)26)11-17(30(3,27)28)18(22)25(20)12-14-6-8-15(29-2)9-7-14/h4-11,22H,12H2,1-3H3. The van der Waals surface area contributed by atoms with Crippen LogP contribution in [-0.4, -0.2) is 35.7 Å². The van der Waals surface area contributed by atoms with Crippen molar-refractivity contribution in [3.05, 3.63) is 75.6 Å². The van der Waals surface area contributed by atoms with Crippen LogP contribution in [0.25, 0.3) is 16.7 Å². The average Bonchev–Trinajstić information content (AvgIpc) is 2.70. The van der Waals surface area contributed by atoms with Crippen LogP contribution in [0.1, 0.15) is 11.1 Å². The molecular weight excluding hydrogens is 404 g/mol. The van der Waals surface area contributed by atoms with E-state index in [0.717, 1.165) is 17.4 Å². The smallest absolute Gasteiger partial charge is 0.267 e. The molecule has 0 atom stereocenters. The van der Waals surface area contributed by atoms with Crippen molar-refractivity contribution in [2.45, 2.75) is 18.4 Å². The summed E-state index contributed by atoms with van der Waals surface area (Å²) in [7, 11) is -2.16. The first-order valence-electron chi connectivity index (χ1n) is 9.14. The van der Waals surface area contributed by atoms with E-state index in [1.54, 1.807) is 31.5 Å². The Labute approximate surface area is 172 Å². The number of pyridine rings is 2. The highest BCUT2D eigenvalue weighted by Crippen LogP contribution is 2.17. The summed E-state index contributed by atoms with van der Waals surface area (Å²) in [6.45, 7) is 2.02. The van der Waals surface area contributed by atoms with E-state index in [-0.39, 0.29) is 33.5 Å². The molecule has 3 heterocycles. The average molecular weight is 424 g/mol. The van der Waals surface area contributed by atoms with Crippen molar-refractivity contribution in [2.24, 2.45) is 0 Å². The van der Waals surface area contributed by atoms with Gasteiger partial charge in [-0.05, 0) is 42.3 Å². The first-order chi connectivity index (χ1) is 14.2. The molecule has 30 heavy (non-hydrogen) atoms. The van der Waals surface area contributed by atoms with Gasteiger partial charge in [0.15, 0.2) is 9.84 Å². The molecule has 0 aliphatic rings. The van der Waals surface area contributed by atoms with Gasteiger partial charge in [0.2, 0.25) is 0 Å². The Hall–Kier alpha value is -3.46. The number of rotatable bonds is 4. The molecule has 9 heteroatoms. The van der Waals surface area contributed by atoms with E-state index in [2.05, 4.69) is 4.98 Å². The SMILES string of the molecule is COc1ccc(Cn2c(=N)c(S(C)(=O)=O)cc3c(=O)n4cccc(C)c4nc32)cc1. The van der Waals surface area contributed by atoms with Crippen LogP contribution < -0.4 is 15.8 Å². The van der Waals surface area contributed by atoms with E-state index in [4.69, 9.17) is 10.1 Å². The first-order valence-corrected chi connectivity index (χ1v) is 11.0. The van der Waals surface area contributed by atoms with Gasteiger partial charge in [0, 0.05) is 12.5 Å². The Morgan fingerprint density at radius 2 is 1.83 bits per heavy atom. The third-order valence-corrected chi connectivity index (χ3v) is 6.11. The molecule has 0 aliphatic carbocycles. The fourth-order valence-corrected chi connectivity index (χ4v) is 4.21. The van der Waals surface area contributed by atoms with E-state index < -0.39 is 9.84 Å². The van der Waals surface area contributed by atoms with Crippen LogP contribution in [0.15, 0.2) is 58.4 Å². The van der Waals surface area contributed by atoms with Gasteiger partial charge in [0.05, 0.1) is 19.0 Å². The Morgan fingerprint density at radius 3 is 2.47 bits per heavy atom. The van der Waals surface area contributed by atoms with Gasteiger partial charge in [-0.2, -0.15) is 0 Å². The molecule has 0 spiro atoms. The summed E-state index contributed by atoms with van der Waals surface area (Å²) in [5.41, 5.74) is 1.74. The minimum Gasteiger partial charge on any atom is -0.497 e. The maximum Gasteiger partial charge on any atom is 0.267 e. The number of nitrogens with zero attached hydrogens (tertiary/aromatic N) is 3. The summed E-state index contributed by atoms with van der Waals surface area (Å²) in [5.74, 6) is 0.683. The molecule has 0 saturated carbocycles. The first kappa shape index (κ1) is 19.8. The van der Waals surface area contributed by atoms with Crippen molar-refractivity contribution in [1.29, 1.82) is 5.41 Å². The zero-order valence-electron chi connectivity index (χ0n) is 16.7. The summed E-state index contributed by atoms with van der Waals surface area (Å²) < 4.78 is 32.7. The molecule has 0 aliphatic heterocycles. The number of fused-ring (bicyclic) bond motifs is 2. The number of sulfone groups is 1. The van der Waals surface area contributed by atoms with Gasteiger partial charge in [0.1, 0.15) is 27.4 Å². The Morgan fingerprint density at radius 1 is 1.13 bits per heavy atom. The third-order valence-electron chi connectivity index (χ3n) is 5.00. The number of hydrogen-bond donors (Lipinski definition) is 1. The van der Waals surface area contributed by atoms with E-state index in [1.165, 1.54) is 15.0 Å². The molecule has 4 rings (SSSR count). The van der Waals surface area contributed by atoms with Gasteiger partial charge >= 0.3 is 0 Å². The minimum absolute atomic E-state index is 0.142. The van der Waals surface area contributed by atoms with Gasteiger partial charge in [-0.1, -0.05) is 18.2 Å². The maximum atomic E-state index is 13.2. The zero-order valence-corrected chi connectivity index (χ0v) is 17.5. The molecule has 0 amide bonds. The third kappa shape index (κ3) is 3.26. The number of benzene rings is 1. The zero-order chi connectivity index (χ0) is 21.6. The molecule has 8 nitrogen and oxygen atoms in total. The van der Waals surface area contributed by atoms with Crippen molar-refractivity contribution in [3.8, 4) is 5.75 Å². The highest BCUT2D eigenvalue weighted by molar-refractivity contribution is 7.90. The van der Waals surface area contributed by atoms with Crippen LogP contribution in [0, 0.1) is 12.3 Å². The van der Waals surface area contributed by atoms with Crippen LogP contribution in [-0.2, 0) is 16.4 Å². The molecule has 154 valence electrons. The second-order valence-electron chi connectivity index (χ2n) is 7.10. The van der Waals surface area contributed by atoms with E-state index in [1.807, 2.05) is 25.1 Å². The Balaban J connectivity index is 2.10. The van der Waals surface area contributed by atoms with Gasteiger partial charge in [-0.25, -0.2) is 13.4 Å². The molecule has 1 N–H and O–H groups in total.